The molecule has 0 rings (SSSR count). The second-order valence-electron chi connectivity index (χ2n) is 16.8. The fourth-order valence-electron chi connectivity index (χ4n) is 6.50. The van der Waals surface area contributed by atoms with Crippen LogP contribution in [0.3, 0.4) is 0 Å². The summed E-state index contributed by atoms with van der Waals surface area (Å²) in [6.45, 7) is 4.64. The molecule has 54 heavy (non-hydrogen) atoms. The number of likely N-dealkylation sites (N-methyl/N-ethyl adjacent to an activating group) is 1. The van der Waals surface area contributed by atoms with Crippen LogP contribution in [0.25, 0.3) is 0 Å². The van der Waals surface area contributed by atoms with Gasteiger partial charge in [0.2, 0.25) is 5.91 Å². The Morgan fingerprint density at radius 2 is 1.02 bits per heavy atom. The van der Waals surface area contributed by atoms with Crippen LogP contribution in [0.5, 0.6) is 0 Å². The topological polar surface area (TPSA) is 108 Å². The van der Waals surface area contributed by atoms with Gasteiger partial charge in [0.15, 0.2) is 0 Å². The van der Waals surface area contributed by atoms with Crippen LogP contribution < -0.4 is 10.2 Å². The summed E-state index contributed by atoms with van der Waals surface area (Å²) in [5.74, 6) is -0.200. The van der Waals surface area contributed by atoms with E-state index in [4.69, 9.17) is 9.05 Å². The number of aliphatic hydroxyl groups is 1. The molecule has 1 amide bonds. The van der Waals surface area contributed by atoms with Gasteiger partial charge in [-0.3, -0.25) is 9.36 Å². The molecule has 0 heterocycles. The largest absolute Gasteiger partial charge is 0.756 e. The van der Waals surface area contributed by atoms with Gasteiger partial charge in [-0.25, -0.2) is 0 Å². The van der Waals surface area contributed by atoms with Gasteiger partial charge < -0.3 is 28.8 Å². The van der Waals surface area contributed by atoms with Crippen molar-refractivity contribution in [3.8, 4) is 0 Å². The lowest BCUT2D eigenvalue weighted by Crippen LogP contribution is -2.45. The van der Waals surface area contributed by atoms with Crippen LogP contribution >= 0.6 is 7.82 Å². The van der Waals surface area contributed by atoms with Crippen LogP contribution in [-0.4, -0.2) is 68.5 Å². The number of allylic oxidation sites excluding steroid dienone is 3. The molecule has 3 atom stereocenters. The molecule has 2 N–H and O–H groups in total. The second-order valence-corrected chi connectivity index (χ2v) is 18.2. The van der Waals surface area contributed by atoms with E-state index in [-0.39, 0.29) is 19.1 Å². The smallest absolute Gasteiger partial charge is 0.268 e. The van der Waals surface area contributed by atoms with E-state index in [0.717, 1.165) is 38.5 Å². The highest BCUT2D eigenvalue weighted by atomic mass is 31.2. The van der Waals surface area contributed by atoms with Gasteiger partial charge in [0.25, 0.3) is 7.82 Å². The predicted octanol–water partition coefficient (Wildman–Crippen LogP) is 11.9. The summed E-state index contributed by atoms with van der Waals surface area (Å²) in [5, 5.41) is 13.8. The quantitative estimate of drug-likeness (QED) is 0.0277. The first kappa shape index (κ1) is 53.0. The highest BCUT2D eigenvalue weighted by Gasteiger charge is 2.23. The summed E-state index contributed by atoms with van der Waals surface area (Å²) < 4.78 is 23.2. The minimum Gasteiger partial charge on any atom is -0.756 e. The summed E-state index contributed by atoms with van der Waals surface area (Å²) >= 11 is 0. The second kappa shape index (κ2) is 37.6. The number of aliphatic hydroxyl groups excluding tert-OH is 1. The number of hydrogen-bond acceptors (Lipinski definition) is 6. The molecule has 0 spiro atoms. The molecule has 0 aromatic heterocycles. The zero-order chi connectivity index (χ0) is 40.0. The normalized spacial score (nSPS) is 14.6. The van der Waals surface area contributed by atoms with Crippen LogP contribution in [0.15, 0.2) is 24.3 Å². The number of quaternary nitrogens is 1. The van der Waals surface area contributed by atoms with E-state index in [9.17, 15) is 19.4 Å². The van der Waals surface area contributed by atoms with Crippen LogP contribution in [0.4, 0.5) is 0 Å². The molecule has 0 aliphatic rings. The number of hydrogen-bond donors (Lipinski definition) is 2. The number of phosphoric ester groups is 1. The average Bonchev–Trinajstić information content (AvgIpc) is 3.12. The van der Waals surface area contributed by atoms with Crippen molar-refractivity contribution in [2.45, 2.75) is 219 Å². The Bertz CT molecular complexity index is 938. The Morgan fingerprint density at radius 1 is 0.630 bits per heavy atom. The molecule has 9 heteroatoms. The van der Waals surface area contributed by atoms with E-state index in [1.54, 1.807) is 6.08 Å². The first-order valence-corrected chi connectivity index (χ1v) is 24.2. The lowest BCUT2D eigenvalue weighted by molar-refractivity contribution is -0.870. The van der Waals surface area contributed by atoms with Gasteiger partial charge in [-0.15, -0.1) is 0 Å². The van der Waals surface area contributed by atoms with Crippen molar-refractivity contribution in [1.82, 2.24) is 5.32 Å². The Labute approximate surface area is 334 Å². The van der Waals surface area contributed by atoms with Crippen molar-refractivity contribution in [2.75, 3.05) is 40.9 Å². The number of rotatable bonds is 41. The number of amides is 1. The van der Waals surface area contributed by atoms with Gasteiger partial charge in [0.05, 0.1) is 39.9 Å². The molecule has 0 fully saturated rings. The van der Waals surface area contributed by atoms with Crippen molar-refractivity contribution in [1.29, 1.82) is 0 Å². The predicted molar refractivity (Wildman–Crippen MR) is 228 cm³/mol. The monoisotopic (exact) mass is 785 g/mol. The number of carbonyl (C=O) groups is 1. The SMILES string of the molecule is CCCCCCCC/C=C\CCCCCCCCCCCC(=O)NC(COP(=O)([O-])OCC[N+](C)(C)C)C(O)/C=C/CCCCCCCCCCCCC. The van der Waals surface area contributed by atoms with Crippen LogP contribution in [-0.2, 0) is 18.4 Å². The fourth-order valence-corrected chi connectivity index (χ4v) is 7.22. The van der Waals surface area contributed by atoms with Crippen molar-refractivity contribution in [3.63, 3.8) is 0 Å². The van der Waals surface area contributed by atoms with Crippen LogP contribution in [0.1, 0.15) is 206 Å². The third kappa shape index (κ3) is 39.2. The van der Waals surface area contributed by atoms with Gasteiger partial charge in [0, 0.05) is 6.42 Å². The first-order chi connectivity index (χ1) is 26.0. The van der Waals surface area contributed by atoms with Gasteiger partial charge >= 0.3 is 0 Å². The number of phosphoric acid groups is 1. The number of nitrogens with zero attached hydrogens (tertiary/aromatic N) is 1. The van der Waals surface area contributed by atoms with Crippen molar-refractivity contribution >= 4 is 13.7 Å². The Morgan fingerprint density at radius 3 is 1.44 bits per heavy atom. The number of nitrogens with one attached hydrogen (secondary N) is 1. The Kier molecular flexibility index (Phi) is 36.8. The van der Waals surface area contributed by atoms with Crippen LogP contribution in [0.2, 0.25) is 0 Å². The van der Waals surface area contributed by atoms with Crippen molar-refractivity contribution in [3.05, 3.63) is 24.3 Å². The molecular formula is C45H89N2O6P. The highest BCUT2D eigenvalue weighted by Crippen LogP contribution is 2.38. The highest BCUT2D eigenvalue weighted by molar-refractivity contribution is 7.45. The maximum atomic E-state index is 12.8. The average molecular weight is 785 g/mol. The Balaban J connectivity index is 4.36. The molecule has 320 valence electrons. The molecule has 0 aromatic carbocycles. The molecule has 0 saturated heterocycles. The van der Waals surface area contributed by atoms with Gasteiger partial charge in [0.1, 0.15) is 13.2 Å². The number of unbranched alkanes of at least 4 members (excludes halogenated alkanes) is 26. The van der Waals surface area contributed by atoms with E-state index >= 15 is 0 Å². The van der Waals surface area contributed by atoms with Gasteiger partial charge in [-0.2, -0.15) is 0 Å². The zero-order valence-electron chi connectivity index (χ0n) is 36.2. The molecule has 0 radical (unpaired) electrons. The van der Waals surface area contributed by atoms with E-state index in [2.05, 4.69) is 31.3 Å². The maximum absolute atomic E-state index is 12.8. The summed E-state index contributed by atoms with van der Waals surface area (Å²) in [5.41, 5.74) is 0. The fraction of sp³-hybridized carbons (Fsp3) is 0.889. The van der Waals surface area contributed by atoms with Crippen molar-refractivity contribution < 1.29 is 32.9 Å². The minimum atomic E-state index is -4.58. The third-order valence-corrected chi connectivity index (χ3v) is 11.1. The van der Waals surface area contributed by atoms with E-state index < -0.39 is 20.0 Å². The van der Waals surface area contributed by atoms with E-state index in [1.165, 1.54) is 148 Å². The standard InChI is InChI=1S/C45H89N2O6P/c1-6-8-10-12-14-16-18-20-21-22-23-24-25-27-29-31-33-35-37-39-45(49)46-43(42-53-54(50,51)52-41-40-47(3,4)5)44(48)38-36-34-32-30-28-26-19-17-15-13-11-9-7-2/h20-21,36,38,43-44,48H,6-19,22-35,37,39-42H2,1-5H3,(H-,46,49,50,51)/b21-20-,38-36+. The van der Waals surface area contributed by atoms with E-state index in [1.807, 2.05) is 27.2 Å². The Hall–Kier alpha value is -1.02. The molecule has 0 saturated carbocycles. The lowest BCUT2D eigenvalue weighted by atomic mass is 10.0. The van der Waals surface area contributed by atoms with Crippen molar-refractivity contribution in [2.24, 2.45) is 0 Å². The first-order valence-electron chi connectivity index (χ1n) is 22.7. The van der Waals surface area contributed by atoms with Gasteiger partial charge in [-0.05, 0) is 44.9 Å². The maximum Gasteiger partial charge on any atom is 0.268 e. The summed E-state index contributed by atoms with van der Waals surface area (Å²) in [7, 11) is 1.26. The summed E-state index contributed by atoms with van der Waals surface area (Å²) in [4.78, 5) is 25.3. The molecule has 0 aromatic rings. The van der Waals surface area contributed by atoms with Crippen LogP contribution in [0, 0.1) is 0 Å². The third-order valence-electron chi connectivity index (χ3n) is 10.2. The summed E-state index contributed by atoms with van der Waals surface area (Å²) in [6, 6.07) is -0.883. The molecule has 0 aliphatic carbocycles. The molecule has 0 aliphatic heterocycles. The minimum absolute atomic E-state index is 0.000281. The van der Waals surface area contributed by atoms with Gasteiger partial charge in [-0.1, -0.05) is 179 Å². The number of carbonyl (C=O) groups excluding carboxylic acids is 1. The lowest BCUT2D eigenvalue weighted by Gasteiger charge is -2.29. The summed E-state index contributed by atoms with van der Waals surface area (Å²) in [6.07, 6.45) is 43.6. The molecule has 0 bridgehead atoms. The van der Waals surface area contributed by atoms with E-state index in [0.29, 0.717) is 17.4 Å². The molecular weight excluding hydrogens is 695 g/mol. The molecule has 8 nitrogen and oxygen atoms in total. The zero-order valence-corrected chi connectivity index (χ0v) is 37.1. The molecule has 3 unspecified atom stereocenters.